The van der Waals surface area contributed by atoms with Gasteiger partial charge in [-0.3, -0.25) is 9.59 Å². The molecule has 1 fully saturated rings. The van der Waals surface area contributed by atoms with E-state index in [-0.39, 0.29) is 31.3 Å². The van der Waals surface area contributed by atoms with Crippen molar-refractivity contribution in [3.63, 3.8) is 0 Å². The van der Waals surface area contributed by atoms with Gasteiger partial charge in [-0.1, -0.05) is 0 Å². The van der Waals surface area contributed by atoms with Crippen LogP contribution in [0.5, 0.6) is 0 Å². The molecule has 0 bridgehead atoms. The second-order valence-corrected chi connectivity index (χ2v) is 7.26. The van der Waals surface area contributed by atoms with Crippen LogP contribution in [0, 0.1) is 5.92 Å². The lowest BCUT2D eigenvalue weighted by molar-refractivity contribution is -0.133. The molecule has 1 atom stereocenters. The van der Waals surface area contributed by atoms with E-state index in [1.54, 1.807) is 0 Å². The Morgan fingerprint density at radius 2 is 2.05 bits per heavy atom. The average Bonchev–Trinajstić information content (AvgIpc) is 2.39. The highest BCUT2D eigenvalue weighted by molar-refractivity contribution is 7.86. The molecule has 0 radical (unpaired) electrons. The molecule has 0 aromatic rings. The van der Waals surface area contributed by atoms with Gasteiger partial charge in [-0.2, -0.15) is 8.42 Å². The van der Waals surface area contributed by atoms with E-state index in [4.69, 9.17) is 0 Å². The molecule has 0 spiro atoms. The van der Waals surface area contributed by atoms with Crippen molar-refractivity contribution in [2.45, 2.75) is 32.7 Å². The van der Waals surface area contributed by atoms with Crippen molar-refractivity contribution >= 4 is 22.0 Å². The second-order valence-electron chi connectivity index (χ2n) is 5.85. The third-order valence-electron chi connectivity index (χ3n) is 2.58. The first kappa shape index (κ1) is 15.9. The summed E-state index contributed by atoms with van der Waals surface area (Å²) < 4.78 is 33.6. The van der Waals surface area contributed by atoms with Crippen molar-refractivity contribution in [2.24, 2.45) is 5.92 Å². The van der Waals surface area contributed by atoms with Gasteiger partial charge >= 0.3 is 10.2 Å². The van der Waals surface area contributed by atoms with Crippen molar-refractivity contribution in [1.29, 1.82) is 0 Å². The van der Waals surface area contributed by atoms with E-state index in [9.17, 15) is 21.9 Å². The molecule has 1 aliphatic rings. The molecule has 1 heterocycles. The topological polar surface area (TPSA) is 83.6 Å². The smallest absolute Gasteiger partial charge is 0.302 e. The van der Waals surface area contributed by atoms with Gasteiger partial charge in [0.2, 0.25) is 11.8 Å². The molecular formula is C11H19FN2O4S. The highest BCUT2D eigenvalue weighted by Gasteiger charge is 2.34. The Labute approximate surface area is 112 Å². The number of carbonyl (C=O) groups is 2. The maximum absolute atomic E-state index is 12.5. The Kier molecular flexibility index (Phi) is 4.54. The maximum atomic E-state index is 12.5. The Hall–Kier alpha value is -1.18. The largest absolute Gasteiger partial charge is 0.350 e. The summed E-state index contributed by atoms with van der Waals surface area (Å²) in [6.07, 6.45) is -0.0358. The molecule has 2 amide bonds. The fourth-order valence-electron chi connectivity index (χ4n) is 2.03. The molecule has 1 rings (SSSR count). The van der Waals surface area contributed by atoms with Crippen LogP contribution in [0.3, 0.4) is 0 Å². The van der Waals surface area contributed by atoms with E-state index < -0.39 is 27.4 Å². The van der Waals surface area contributed by atoms with Crippen LogP contribution in [0.2, 0.25) is 0 Å². The van der Waals surface area contributed by atoms with Gasteiger partial charge in [-0.05, 0) is 20.8 Å². The highest BCUT2D eigenvalue weighted by atomic mass is 32.3. The number of nitrogens with one attached hydrogen (secondary N) is 1. The monoisotopic (exact) mass is 294 g/mol. The van der Waals surface area contributed by atoms with Crippen LogP contribution in [0.25, 0.3) is 0 Å². The molecule has 0 aromatic heterocycles. The van der Waals surface area contributed by atoms with Crippen LogP contribution >= 0.6 is 0 Å². The number of rotatable bonds is 4. The summed E-state index contributed by atoms with van der Waals surface area (Å²) in [6.45, 7) is 5.41. The van der Waals surface area contributed by atoms with Gasteiger partial charge in [0, 0.05) is 24.4 Å². The fraction of sp³-hybridized carbons (Fsp3) is 0.818. The molecule has 0 saturated carbocycles. The molecule has 110 valence electrons. The van der Waals surface area contributed by atoms with Crippen molar-refractivity contribution in [2.75, 3.05) is 18.8 Å². The van der Waals surface area contributed by atoms with Gasteiger partial charge in [0.25, 0.3) is 0 Å². The molecule has 1 saturated heterocycles. The molecule has 0 aromatic carbocycles. The minimum Gasteiger partial charge on any atom is -0.350 e. The third kappa shape index (κ3) is 6.00. The van der Waals surface area contributed by atoms with Gasteiger partial charge in [0.15, 0.2) is 0 Å². The first-order valence-electron chi connectivity index (χ1n) is 5.97. The highest BCUT2D eigenvalue weighted by Crippen LogP contribution is 2.19. The predicted octanol–water partition coefficient (Wildman–Crippen LogP) is 0.0489. The minimum atomic E-state index is -4.59. The summed E-state index contributed by atoms with van der Waals surface area (Å²) in [5.74, 6) is -1.89. The van der Waals surface area contributed by atoms with Gasteiger partial charge in [0.1, 0.15) is 0 Å². The van der Waals surface area contributed by atoms with E-state index in [0.717, 1.165) is 0 Å². The zero-order valence-corrected chi connectivity index (χ0v) is 12.1. The lowest BCUT2D eigenvalue weighted by atomic mass is 10.1. The number of hydrogen-bond donors (Lipinski definition) is 1. The van der Waals surface area contributed by atoms with Crippen LogP contribution in [0.1, 0.15) is 27.2 Å². The summed E-state index contributed by atoms with van der Waals surface area (Å²) >= 11 is 0. The maximum Gasteiger partial charge on any atom is 0.302 e. The van der Waals surface area contributed by atoms with E-state index in [0.29, 0.717) is 0 Å². The van der Waals surface area contributed by atoms with Crippen LogP contribution in [0.4, 0.5) is 3.89 Å². The molecule has 6 nitrogen and oxygen atoms in total. The van der Waals surface area contributed by atoms with Gasteiger partial charge in [-0.15, -0.1) is 3.89 Å². The zero-order chi connectivity index (χ0) is 14.8. The molecule has 8 heteroatoms. The average molecular weight is 294 g/mol. The predicted molar refractivity (Wildman–Crippen MR) is 67.5 cm³/mol. The number of amides is 2. The summed E-state index contributed by atoms with van der Waals surface area (Å²) in [5.41, 5.74) is -0.401. The normalized spacial score (nSPS) is 20.7. The lowest BCUT2D eigenvalue weighted by Crippen LogP contribution is -2.46. The first-order valence-corrected chi connectivity index (χ1v) is 7.53. The molecule has 1 unspecified atom stereocenters. The van der Waals surface area contributed by atoms with Crippen molar-refractivity contribution < 1.29 is 21.9 Å². The van der Waals surface area contributed by atoms with Crippen molar-refractivity contribution in [3.05, 3.63) is 0 Å². The minimum absolute atomic E-state index is 0.0358. The van der Waals surface area contributed by atoms with Crippen LogP contribution < -0.4 is 5.32 Å². The van der Waals surface area contributed by atoms with Crippen LogP contribution in [0.15, 0.2) is 0 Å². The first-order chi connectivity index (χ1) is 8.46. The number of likely N-dealkylation sites (tertiary alicyclic amines) is 1. The quantitative estimate of drug-likeness (QED) is 0.743. The van der Waals surface area contributed by atoms with Crippen molar-refractivity contribution in [3.8, 4) is 0 Å². The molecule has 1 aliphatic heterocycles. The Balaban J connectivity index is 2.53. The lowest BCUT2D eigenvalue weighted by Gasteiger charge is -2.23. The molecule has 0 aliphatic carbocycles. The van der Waals surface area contributed by atoms with Gasteiger partial charge in [0.05, 0.1) is 12.3 Å². The van der Waals surface area contributed by atoms with Gasteiger partial charge in [-0.25, -0.2) is 0 Å². The molecule has 1 N–H and O–H groups in total. The van der Waals surface area contributed by atoms with Crippen molar-refractivity contribution in [1.82, 2.24) is 10.2 Å². The molecular weight excluding hydrogens is 275 g/mol. The van der Waals surface area contributed by atoms with E-state index in [2.05, 4.69) is 5.32 Å². The Morgan fingerprint density at radius 3 is 2.53 bits per heavy atom. The standard InChI is InChI=1S/C11H19FN2O4S/c1-11(2,3)13-9(15)6-14-5-8(4-10(14)16)7-19(12,17)18/h8H,4-7H2,1-3H3,(H,13,15). The van der Waals surface area contributed by atoms with E-state index >= 15 is 0 Å². The number of halogens is 1. The van der Waals surface area contributed by atoms with Crippen LogP contribution in [-0.2, 0) is 19.8 Å². The molecule has 19 heavy (non-hydrogen) atoms. The number of carbonyl (C=O) groups excluding carboxylic acids is 2. The fourth-order valence-corrected chi connectivity index (χ4v) is 2.82. The SMILES string of the molecule is CC(C)(C)NC(=O)CN1CC(CS(=O)(=O)F)CC1=O. The number of hydrogen-bond acceptors (Lipinski definition) is 4. The third-order valence-corrected chi connectivity index (χ3v) is 3.45. The van der Waals surface area contributed by atoms with E-state index in [1.807, 2.05) is 20.8 Å². The zero-order valence-electron chi connectivity index (χ0n) is 11.3. The van der Waals surface area contributed by atoms with Gasteiger partial charge < -0.3 is 10.2 Å². The summed E-state index contributed by atoms with van der Waals surface area (Å²) in [6, 6.07) is 0. The summed E-state index contributed by atoms with van der Waals surface area (Å²) in [4.78, 5) is 24.5. The number of nitrogens with zero attached hydrogens (tertiary/aromatic N) is 1. The van der Waals surface area contributed by atoms with E-state index in [1.165, 1.54) is 4.90 Å². The van der Waals surface area contributed by atoms with Crippen LogP contribution in [-0.4, -0.2) is 49.5 Å². The summed E-state index contributed by atoms with van der Waals surface area (Å²) in [7, 11) is -4.59. The summed E-state index contributed by atoms with van der Waals surface area (Å²) in [5, 5.41) is 2.70. The second kappa shape index (κ2) is 5.44. The Morgan fingerprint density at radius 1 is 1.47 bits per heavy atom. The Bertz CT molecular complexity index is 470.